The van der Waals surface area contributed by atoms with Crippen molar-refractivity contribution in [3.63, 3.8) is 0 Å². The van der Waals surface area contributed by atoms with Crippen molar-refractivity contribution in [2.45, 2.75) is 6.92 Å². The third-order valence-corrected chi connectivity index (χ3v) is 2.49. The first-order valence-corrected chi connectivity index (χ1v) is 5.59. The van der Waals surface area contributed by atoms with Gasteiger partial charge in [-0.3, -0.25) is 0 Å². The molecule has 1 heterocycles. The van der Waals surface area contributed by atoms with Crippen LogP contribution in [0.3, 0.4) is 0 Å². The Balaban J connectivity index is 2.36. The molecule has 0 spiro atoms. The molecule has 0 amide bonds. The first-order chi connectivity index (χ1) is 9.10. The van der Waals surface area contributed by atoms with Crippen molar-refractivity contribution in [3.8, 4) is 5.88 Å². The van der Waals surface area contributed by atoms with Crippen LogP contribution in [-0.2, 0) is 0 Å². The van der Waals surface area contributed by atoms with Gasteiger partial charge in [0.15, 0.2) is 5.82 Å². The van der Waals surface area contributed by atoms with Gasteiger partial charge in [-0.05, 0) is 24.6 Å². The number of carbonyl (C=O) groups is 1. The number of carboxylic acids is 1. The molecular weight excluding hydrogens is 246 g/mol. The zero-order valence-corrected chi connectivity index (χ0v) is 10.5. The lowest BCUT2D eigenvalue weighted by Crippen LogP contribution is -2.07. The molecule has 0 aliphatic rings. The molecule has 2 aromatic rings. The Labute approximate surface area is 110 Å². The second-order valence-electron chi connectivity index (χ2n) is 3.95. The average Bonchev–Trinajstić information content (AvgIpc) is 2.39. The number of aromatic carboxylic acids is 1. The Morgan fingerprint density at radius 3 is 2.74 bits per heavy atom. The topological polar surface area (TPSA) is 84.3 Å². The number of benzene rings is 1. The van der Waals surface area contributed by atoms with Crippen LogP contribution in [0.5, 0.6) is 5.88 Å². The fourth-order valence-electron chi connectivity index (χ4n) is 1.59. The Morgan fingerprint density at radius 2 is 2.11 bits per heavy atom. The minimum absolute atomic E-state index is 0.00774. The van der Waals surface area contributed by atoms with E-state index >= 15 is 0 Å². The highest BCUT2D eigenvalue weighted by Crippen LogP contribution is 2.21. The summed E-state index contributed by atoms with van der Waals surface area (Å²) in [4.78, 5) is 11.2. The molecule has 6 nitrogen and oxygen atoms in total. The van der Waals surface area contributed by atoms with Crippen molar-refractivity contribution in [2.24, 2.45) is 0 Å². The summed E-state index contributed by atoms with van der Waals surface area (Å²) in [5, 5.41) is 19.7. The summed E-state index contributed by atoms with van der Waals surface area (Å²) < 4.78 is 4.86. The van der Waals surface area contributed by atoms with Crippen LogP contribution in [0.1, 0.15) is 15.9 Å². The molecule has 1 aromatic carbocycles. The summed E-state index contributed by atoms with van der Waals surface area (Å²) in [6.45, 7) is 1.95. The molecule has 6 heteroatoms. The summed E-state index contributed by atoms with van der Waals surface area (Å²) in [6, 6.07) is 8.85. The summed E-state index contributed by atoms with van der Waals surface area (Å²) in [5.74, 6) is -0.755. The van der Waals surface area contributed by atoms with Crippen molar-refractivity contribution < 1.29 is 14.6 Å². The van der Waals surface area contributed by atoms with Crippen molar-refractivity contribution in [1.29, 1.82) is 0 Å². The number of rotatable bonds is 4. The molecule has 0 fully saturated rings. The fraction of sp³-hybridized carbons (Fsp3) is 0.154. The number of ether oxygens (including phenoxy) is 1. The van der Waals surface area contributed by atoms with E-state index in [-0.39, 0.29) is 17.3 Å². The van der Waals surface area contributed by atoms with E-state index in [2.05, 4.69) is 15.5 Å². The van der Waals surface area contributed by atoms with E-state index in [1.165, 1.54) is 13.2 Å². The summed E-state index contributed by atoms with van der Waals surface area (Å²) in [7, 11) is 1.41. The molecule has 19 heavy (non-hydrogen) atoms. The molecule has 0 saturated carbocycles. The van der Waals surface area contributed by atoms with Crippen molar-refractivity contribution in [1.82, 2.24) is 10.2 Å². The van der Waals surface area contributed by atoms with Gasteiger partial charge in [-0.2, -0.15) is 0 Å². The molecule has 0 atom stereocenters. The molecule has 0 bridgehead atoms. The van der Waals surface area contributed by atoms with Gasteiger partial charge >= 0.3 is 5.97 Å². The average molecular weight is 259 g/mol. The number of hydrogen-bond acceptors (Lipinski definition) is 5. The standard InChI is InChI=1S/C13H13N3O3/c1-8-4-3-5-9(6-8)14-12-10(13(17)18)7-11(19-2)15-16-12/h3-7H,1-2H3,(H,14,16)(H,17,18). The fourth-order valence-corrected chi connectivity index (χ4v) is 1.59. The van der Waals surface area contributed by atoms with Crippen molar-refractivity contribution >= 4 is 17.5 Å². The Morgan fingerprint density at radius 1 is 1.32 bits per heavy atom. The molecule has 0 unspecified atom stereocenters. The lowest BCUT2D eigenvalue weighted by molar-refractivity contribution is 0.0697. The van der Waals surface area contributed by atoms with Gasteiger partial charge in [0.25, 0.3) is 0 Å². The number of methoxy groups -OCH3 is 1. The van der Waals surface area contributed by atoms with Crippen LogP contribution < -0.4 is 10.1 Å². The number of carboxylic acid groups (broad SMARTS) is 1. The Kier molecular flexibility index (Phi) is 3.61. The van der Waals surface area contributed by atoms with Crippen LogP contribution >= 0.6 is 0 Å². The Hall–Kier alpha value is -2.63. The molecule has 0 aliphatic heterocycles. The van der Waals surface area contributed by atoms with E-state index in [1.54, 1.807) is 0 Å². The van der Waals surface area contributed by atoms with Gasteiger partial charge in [-0.15, -0.1) is 10.2 Å². The van der Waals surface area contributed by atoms with Crippen LogP contribution in [0, 0.1) is 6.92 Å². The largest absolute Gasteiger partial charge is 0.480 e. The summed E-state index contributed by atoms with van der Waals surface area (Å²) >= 11 is 0. The van der Waals surface area contributed by atoms with Gasteiger partial charge in [-0.25, -0.2) is 4.79 Å². The molecule has 0 radical (unpaired) electrons. The van der Waals surface area contributed by atoms with E-state index in [0.29, 0.717) is 0 Å². The van der Waals surface area contributed by atoms with Crippen LogP contribution in [-0.4, -0.2) is 28.4 Å². The minimum atomic E-state index is -1.09. The maximum atomic E-state index is 11.2. The number of nitrogens with zero attached hydrogens (tertiary/aromatic N) is 2. The third kappa shape index (κ3) is 2.98. The highest BCUT2D eigenvalue weighted by Gasteiger charge is 2.14. The maximum absolute atomic E-state index is 11.2. The number of aromatic nitrogens is 2. The SMILES string of the molecule is COc1cc(C(=O)O)c(Nc2cccc(C)c2)nn1. The van der Waals surface area contributed by atoms with E-state index in [0.717, 1.165) is 11.3 Å². The minimum Gasteiger partial charge on any atom is -0.480 e. The van der Waals surface area contributed by atoms with E-state index in [9.17, 15) is 4.79 Å². The predicted molar refractivity (Wildman–Crippen MR) is 70.0 cm³/mol. The summed E-state index contributed by atoms with van der Waals surface area (Å²) in [5.41, 5.74) is 1.82. The molecule has 1 aromatic heterocycles. The van der Waals surface area contributed by atoms with E-state index < -0.39 is 5.97 Å². The van der Waals surface area contributed by atoms with E-state index in [1.807, 2.05) is 31.2 Å². The zero-order valence-electron chi connectivity index (χ0n) is 10.5. The van der Waals surface area contributed by atoms with Crippen LogP contribution in [0.15, 0.2) is 30.3 Å². The van der Waals surface area contributed by atoms with Crippen LogP contribution in [0.2, 0.25) is 0 Å². The normalized spacial score (nSPS) is 10.0. The predicted octanol–water partition coefficient (Wildman–Crippen LogP) is 2.24. The number of anilines is 2. The van der Waals surface area contributed by atoms with Crippen molar-refractivity contribution in [3.05, 3.63) is 41.5 Å². The van der Waals surface area contributed by atoms with Gasteiger partial charge in [0.05, 0.1) is 7.11 Å². The van der Waals surface area contributed by atoms with Crippen LogP contribution in [0.4, 0.5) is 11.5 Å². The smallest absolute Gasteiger partial charge is 0.339 e. The molecule has 98 valence electrons. The lowest BCUT2D eigenvalue weighted by Gasteiger charge is -2.09. The first-order valence-electron chi connectivity index (χ1n) is 5.59. The van der Waals surface area contributed by atoms with Crippen LogP contribution in [0.25, 0.3) is 0 Å². The zero-order chi connectivity index (χ0) is 13.8. The van der Waals surface area contributed by atoms with Gasteiger partial charge in [0.2, 0.25) is 5.88 Å². The highest BCUT2D eigenvalue weighted by atomic mass is 16.5. The third-order valence-electron chi connectivity index (χ3n) is 2.49. The second kappa shape index (κ2) is 5.34. The second-order valence-corrected chi connectivity index (χ2v) is 3.95. The summed E-state index contributed by atoms with van der Waals surface area (Å²) in [6.07, 6.45) is 0. The molecule has 2 rings (SSSR count). The number of aryl methyl sites for hydroxylation is 1. The monoisotopic (exact) mass is 259 g/mol. The van der Waals surface area contributed by atoms with Gasteiger partial charge in [0.1, 0.15) is 5.56 Å². The maximum Gasteiger partial charge on any atom is 0.339 e. The molecule has 2 N–H and O–H groups in total. The lowest BCUT2D eigenvalue weighted by atomic mass is 10.2. The van der Waals surface area contributed by atoms with Gasteiger partial charge in [-0.1, -0.05) is 12.1 Å². The molecular formula is C13H13N3O3. The Bertz CT molecular complexity index is 614. The number of hydrogen-bond donors (Lipinski definition) is 2. The van der Waals surface area contributed by atoms with Gasteiger partial charge < -0.3 is 15.2 Å². The van der Waals surface area contributed by atoms with Gasteiger partial charge in [0, 0.05) is 11.8 Å². The first kappa shape index (κ1) is 12.8. The highest BCUT2D eigenvalue weighted by molar-refractivity contribution is 5.94. The molecule has 0 saturated heterocycles. The quantitative estimate of drug-likeness (QED) is 0.875. The van der Waals surface area contributed by atoms with Crippen molar-refractivity contribution in [2.75, 3.05) is 12.4 Å². The van der Waals surface area contributed by atoms with E-state index in [4.69, 9.17) is 9.84 Å². The number of nitrogens with one attached hydrogen (secondary N) is 1. The molecule has 0 aliphatic carbocycles.